The number of amides is 2. The van der Waals surface area contributed by atoms with Gasteiger partial charge < -0.3 is 15.0 Å². The van der Waals surface area contributed by atoms with Crippen LogP contribution in [0.15, 0.2) is 60.7 Å². The second-order valence-electron chi connectivity index (χ2n) is 7.27. The molecule has 5 nitrogen and oxygen atoms in total. The molecule has 3 aromatic carbocycles. The molecule has 0 spiro atoms. The third kappa shape index (κ3) is 2.80. The topological polar surface area (TPSA) is 58.6 Å². The standard InChI is InChI=1S/C23H20N2O3/c26-22-14-28-21-13-16(10-11-19(21)24-22)23(27)25-12-4-9-20(25)18-8-3-6-15-5-1-2-7-17(15)18/h1-3,5-8,10-11,13,20H,4,9,12,14H2,(H,24,26). The van der Waals surface area contributed by atoms with Gasteiger partial charge >= 0.3 is 0 Å². The Labute approximate surface area is 162 Å². The SMILES string of the molecule is O=C1COc2cc(C(=O)N3CCCC3c3cccc4ccccc34)ccc2N1. The molecule has 28 heavy (non-hydrogen) atoms. The van der Waals surface area contributed by atoms with E-state index < -0.39 is 0 Å². The minimum absolute atomic E-state index is 0.00117. The zero-order chi connectivity index (χ0) is 19.1. The maximum Gasteiger partial charge on any atom is 0.262 e. The van der Waals surface area contributed by atoms with Gasteiger partial charge in [0.05, 0.1) is 11.7 Å². The van der Waals surface area contributed by atoms with Gasteiger partial charge in [0.15, 0.2) is 6.61 Å². The number of fused-ring (bicyclic) bond motifs is 2. The van der Waals surface area contributed by atoms with Gasteiger partial charge in [-0.1, -0.05) is 42.5 Å². The van der Waals surface area contributed by atoms with Crippen molar-refractivity contribution < 1.29 is 14.3 Å². The van der Waals surface area contributed by atoms with E-state index in [-0.39, 0.29) is 24.5 Å². The minimum Gasteiger partial charge on any atom is -0.482 e. The molecule has 140 valence electrons. The highest BCUT2D eigenvalue weighted by molar-refractivity contribution is 5.99. The Bertz CT molecular complexity index is 1090. The largest absolute Gasteiger partial charge is 0.482 e. The predicted octanol–water partition coefficient (Wildman–Crippen LogP) is 4.15. The van der Waals surface area contributed by atoms with Gasteiger partial charge in [0, 0.05) is 12.1 Å². The van der Waals surface area contributed by atoms with Crippen molar-refractivity contribution in [1.29, 1.82) is 0 Å². The molecule has 2 amide bonds. The smallest absolute Gasteiger partial charge is 0.262 e. The van der Waals surface area contributed by atoms with E-state index in [2.05, 4.69) is 35.6 Å². The number of carbonyl (C=O) groups is 2. The monoisotopic (exact) mass is 372 g/mol. The average molecular weight is 372 g/mol. The van der Waals surface area contributed by atoms with E-state index in [0.717, 1.165) is 19.4 Å². The number of ether oxygens (including phenoxy) is 1. The third-order valence-electron chi connectivity index (χ3n) is 5.56. The number of nitrogens with zero attached hydrogens (tertiary/aromatic N) is 1. The van der Waals surface area contributed by atoms with E-state index >= 15 is 0 Å². The first-order valence-electron chi connectivity index (χ1n) is 9.56. The zero-order valence-electron chi connectivity index (χ0n) is 15.4. The number of hydrogen-bond donors (Lipinski definition) is 1. The van der Waals surface area contributed by atoms with Gasteiger partial charge in [0.1, 0.15) is 5.75 Å². The fraction of sp³-hybridized carbons (Fsp3) is 0.217. The Balaban J connectivity index is 1.48. The van der Waals surface area contributed by atoms with Crippen molar-refractivity contribution in [2.75, 3.05) is 18.5 Å². The van der Waals surface area contributed by atoms with Gasteiger partial charge in [0.25, 0.3) is 11.8 Å². The summed E-state index contributed by atoms with van der Waals surface area (Å²) in [6, 6.07) is 19.9. The molecule has 1 unspecified atom stereocenters. The van der Waals surface area contributed by atoms with Crippen LogP contribution in [0.5, 0.6) is 5.75 Å². The molecule has 5 rings (SSSR count). The lowest BCUT2D eigenvalue weighted by Gasteiger charge is -2.27. The van der Waals surface area contributed by atoms with E-state index in [1.54, 1.807) is 18.2 Å². The minimum atomic E-state index is -0.179. The molecule has 0 aromatic heterocycles. The number of likely N-dealkylation sites (tertiary alicyclic amines) is 1. The molecule has 0 saturated carbocycles. The molecule has 1 saturated heterocycles. The van der Waals surface area contributed by atoms with Gasteiger partial charge in [-0.25, -0.2) is 0 Å². The van der Waals surface area contributed by atoms with Crippen molar-refractivity contribution in [2.45, 2.75) is 18.9 Å². The maximum atomic E-state index is 13.3. The molecular formula is C23H20N2O3. The van der Waals surface area contributed by atoms with Crippen molar-refractivity contribution in [3.63, 3.8) is 0 Å². The van der Waals surface area contributed by atoms with Crippen molar-refractivity contribution in [3.05, 3.63) is 71.8 Å². The van der Waals surface area contributed by atoms with Crippen LogP contribution in [0.1, 0.15) is 34.8 Å². The lowest BCUT2D eigenvalue weighted by atomic mass is 9.97. The number of carbonyl (C=O) groups excluding carboxylic acids is 2. The van der Waals surface area contributed by atoms with Crippen LogP contribution in [0.2, 0.25) is 0 Å². The van der Waals surface area contributed by atoms with Crippen LogP contribution in [0, 0.1) is 0 Å². The van der Waals surface area contributed by atoms with Gasteiger partial charge in [-0.05, 0) is 47.4 Å². The summed E-state index contributed by atoms with van der Waals surface area (Å²) in [6.07, 6.45) is 1.94. The Morgan fingerprint density at radius 3 is 2.86 bits per heavy atom. The van der Waals surface area contributed by atoms with Crippen molar-refractivity contribution in [2.24, 2.45) is 0 Å². The molecule has 3 aromatic rings. The summed E-state index contributed by atoms with van der Waals surface area (Å²) >= 11 is 0. The van der Waals surface area contributed by atoms with Crippen LogP contribution >= 0.6 is 0 Å². The summed E-state index contributed by atoms with van der Waals surface area (Å²) < 4.78 is 5.48. The van der Waals surface area contributed by atoms with E-state index in [4.69, 9.17) is 4.74 Å². The normalized spacial score (nSPS) is 18.5. The van der Waals surface area contributed by atoms with Crippen LogP contribution in [-0.4, -0.2) is 29.9 Å². The molecule has 2 heterocycles. The van der Waals surface area contributed by atoms with Crippen molar-refractivity contribution in [1.82, 2.24) is 4.90 Å². The Kier molecular flexibility index (Phi) is 4.01. The summed E-state index contributed by atoms with van der Waals surface area (Å²) in [5.74, 6) is 0.368. The van der Waals surface area contributed by atoms with E-state index in [1.165, 1.54) is 16.3 Å². The highest BCUT2D eigenvalue weighted by atomic mass is 16.5. The second kappa shape index (κ2) is 6.68. The predicted molar refractivity (Wildman–Crippen MR) is 108 cm³/mol. The fourth-order valence-corrected chi connectivity index (χ4v) is 4.25. The molecular weight excluding hydrogens is 352 g/mol. The first-order chi connectivity index (χ1) is 13.7. The highest BCUT2D eigenvalue weighted by Crippen LogP contribution is 2.37. The zero-order valence-corrected chi connectivity index (χ0v) is 15.4. The van der Waals surface area contributed by atoms with Crippen LogP contribution in [0.25, 0.3) is 10.8 Å². The number of benzene rings is 3. The van der Waals surface area contributed by atoms with Crippen molar-refractivity contribution in [3.8, 4) is 5.75 Å². The summed E-state index contributed by atoms with van der Waals surface area (Å²) in [5, 5.41) is 5.15. The Hall–Kier alpha value is -3.34. The van der Waals surface area contributed by atoms with Gasteiger partial charge in [0.2, 0.25) is 0 Å². The van der Waals surface area contributed by atoms with E-state index in [0.29, 0.717) is 17.0 Å². The molecule has 0 radical (unpaired) electrons. The molecule has 1 N–H and O–H groups in total. The van der Waals surface area contributed by atoms with Crippen LogP contribution < -0.4 is 10.1 Å². The summed E-state index contributed by atoms with van der Waals surface area (Å²) in [7, 11) is 0. The number of nitrogens with one attached hydrogen (secondary N) is 1. The third-order valence-corrected chi connectivity index (χ3v) is 5.56. The molecule has 2 aliphatic heterocycles. The lowest BCUT2D eigenvalue weighted by molar-refractivity contribution is -0.118. The molecule has 1 atom stereocenters. The quantitative estimate of drug-likeness (QED) is 0.735. The second-order valence-corrected chi connectivity index (χ2v) is 7.27. The first kappa shape index (κ1) is 16.8. The summed E-state index contributed by atoms with van der Waals surface area (Å²) in [4.78, 5) is 26.7. The van der Waals surface area contributed by atoms with Crippen molar-refractivity contribution >= 4 is 28.3 Å². The molecule has 2 aliphatic rings. The van der Waals surface area contributed by atoms with E-state index in [9.17, 15) is 9.59 Å². The fourth-order valence-electron chi connectivity index (χ4n) is 4.25. The Morgan fingerprint density at radius 2 is 1.93 bits per heavy atom. The summed E-state index contributed by atoms with van der Waals surface area (Å²) in [6.45, 7) is 0.717. The van der Waals surface area contributed by atoms with E-state index in [1.807, 2.05) is 17.0 Å². The number of anilines is 1. The molecule has 0 aliphatic carbocycles. The van der Waals surface area contributed by atoms with Gasteiger partial charge in [-0.15, -0.1) is 0 Å². The number of hydrogen-bond acceptors (Lipinski definition) is 3. The number of rotatable bonds is 2. The lowest BCUT2D eigenvalue weighted by Crippen LogP contribution is -2.31. The highest BCUT2D eigenvalue weighted by Gasteiger charge is 2.32. The van der Waals surface area contributed by atoms with Gasteiger partial charge in [-0.3, -0.25) is 9.59 Å². The van der Waals surface area contributed by atoms with Crippen LogP contribution in [-0.2, 0) is 4.79 Å². The summed E-state index contributed by atoms with van der Waals surface area (Å²) in [5.41, 5.74) is 2.40. The van der Waals surface area contributed by atoms with Crippen LogP contribution in [0.3, 0.4) is 0 Å². The first-order valence-corrected chi connectivity index (χ1v) is 9.56. The molecule has 5 heteroatoms. The average Bonchev–Trinajstić information content (AvgIpc) is 3.22. The maximum absolute atomic E-state index is 13.3. The Morgan fingerprint density at radius 1 is 1.07 bits per heavy atom. The molecule has 1 fully saturated rings. The van der Waals surface area contributed by atoms with Crippen LogP contribution in [0.4, 0.5) is 5.69 Å². The van der Waals surface area contributed by atoms with Gasteiger partial charge in [-0.2, -0.15) is 0 Å². The molecule has 0 bridgehead atoms.